The highest BCUT2D eigenvalue weighted by Crippen LogP contribution is 2.40. The monoisotopic (exact) mass is 234 g/mol. The van der Waals surface area contributed by atoms with E-state index in [0.29, 0.717) is 10.6 Å². The average Bonchev–Trinajstić information content (AvgIpc) is 2.82. The molecule has 1 aliphatic rings. The van der Waals surface area contributed by atoms with E-state index < -0.39 is 5.60 Å². The Morgan fingerprint density at radius 3 is 2.50 bits per heavy atom. The SMILES string of the molecule is NCC(O)([C]1[CH][CH][CH][CH]1)c1cccc(Cl)c1. The summed E-state index contributed by atoms with van der Waals surface area (Å²) in [6, 6.07) is 7.14. The molecule has 2 rings (SSSR count). The third-order valence-corrected chi connectivity index (χ3v) is 2.97. The lowest BCUT2D eigenvalue weighted by Gasteiger charge is -2.32. The fourth-order valence-corrected chi connectivity index (χ4v) is 1.99. The maximum absolute atomic E-state index is 10.6. The molecule has 0 saturated heterocycles. The second kappa shape index (κ2) is 4.74. The molecule has 3 N–H and O–H groups in total. The van der Waals surface area contributed by atoms with E-state index in [1.807, 2.05) is 31.7 Å². The number of hydrogen-bond acceptors (Lipinski definition) is 2. The van der Waals surface area contributed by atoms with Crippen molar-refractivity contribution in [2.45, 2.75) is 5.60 Å². The van der Waals surface area contributed by atoms with Crippen LogP contribution in [0.3, 0.4) is 0 Å². The molecule has 5 radical (unpaired) electrons. The molecule has 0 heterocycles. The van der Waals surface area contributed by atoms with Crippen molar-refractivity contribution in [2.75, 3.05) is 6.54 Å². The molecule has 0 aliphatic heterocycles. The van der Waals surface area contributed by atoms with Gasteiger partial charge in [-0.25, -0.2) is 0 Å². The van der Waals surface area contributed by atoms with Crippen molar-refractivity contribution in [2.24, 2.45) is 5.73 Å². The van der Waals surface area contributed by atoms with Crippen LogP contribution in [0.5, 0.6) is 0 Å². The topological polar surface area (TPSA) is 46.2 Å². The summed E-state index contributed by atoms with van der Waals surface area (Å²) < 4.78 is 0. The Labute approximate surface area is 101 Å². The summed E-state index contributed by atoms with van der Waals surface area (Å²) in [6.45, 7) is 0.122. The summed E-state index contributed by atoms with van der Waals surface area (Å²) in [5.41, 5.74) is 5.25. The molecule has 1 fully saturated rings. The van der Waals surface area contributed by atoms with Crippen LogP contribution in [0.15, 0.2) is 24.3 Å². The van der Waals surface area contributed by atoms with Gasteiger partial charge in [-0.1, -0.05) is 23.7 Å². The summed E-state index contributed by atoms with van der Waals surface area (Å²) in [4.78, 5) is 0. The van der Waals surface area contributed by atoms with Crippen molar-refractivity contribution in [3.8, 4) is 0 Å². The van der Waals surface area contributed by atoms with Gasteiger partial charge in [0.2, 0.25) is 0 Å². The van der Waals surface area contributed by atoms with Gasteiger partial charge in [-0.3, -0.25) is 0 Å². The van der Waals surface area contributed by atoms with Crippen molar-refractivity contribution in [3.05, 3.63) is 66.5 Å². The van der Waals surface area contributed by atoms with Gasteiger partial charge in [-0.05, 0) is 43.4 Å². The highest BCUT2D eigenvalue weighted by atomic mass is 35.5. The number of aliphatic hydroxyl groups is 1. The molecule has 1 saturated carbocycles. The van der Waals surface area contributed by atoms with Gasteiger partial charge in [0.15, 0.2) is 0 Å². The molecule has 1 atom stereocenters. The second-order valence-corrected chi connectivity index (χ2v) is 4.18. The standard InChI is InChI=1S/C13H13ClNO/c14-12-7-3-6-11(8-12)13(16,9-15)10-4-1-2-5-10/h1-8,16H,9,15H2. The maximum atomic E-state index is 10.6. The van der Waals surface area contributed by atoms with E-state index in [1.165, 1.54) is 0 Å². The molecule has 1 aromatic rings. The Morgan fingerprint density at radius 1 is 1.25 bits per heavy atom. The zero-order valence-electron chi connectivity index (χ0n) is 8.73. The smallest absolute Gasteiger partial charge is 0.109 e. The van der Waals surface area contributed by atoms with Crippen molar-refractivity contribution in [3.63, 3.8) is 0 Å². The van der Waals surface area contributed by atoms with Crippen LogP contribution in [0.4, 0.5) is 0 Å². The Kier molecular flexibility index (Phi) is 3.53. The van der Waals surface area contributed by atoms with E-state index in [4.69, 9.17) is 17.3 Å². The first-order valence-corrected chi connectivity index (χ1v) is 5.45. The van der Waals surface area contributed by atoms with E-state index in [9.17, 15) is 5.11 Å². The molecular weight excluding hydrogens is 222 g/mol. The molecule has 16 heavy (non-hydrogen) atoms. The van der Waals surface area contributed by atoms with Gasteiger partial charge in [0, 0.05) is 17.5 Å². The third-order valence-electron chi connectivity index (χ3n) is 2.74. The molecule has 0 aromatic heterocycles. The maximum Gasteiger partial charge on any atom is 0.109 e. The van der Waals surface area contributed by atoms with Crippen LogP contribution in [-0.4, -0.2) is 11.7 Å². The molecule has 0 bridgehead atoms. The Bertz CT molecular complexity index is 363. The third kappa shape index (κ3) is 2.10. The lowest BCUT2D eigenvalue weighted by atomic mass is 9.80. The van der Waals surface area contributed by atoms with Crippen molar-refractivity contribution < 1.29 is 5.11 Å². The largest absolute Gasteiger partial charge is 0.383 e. The van der Waals surface area contributed by atoms with Crippen LogP contribution in [0.1, 0.15) is 5.56 Å². The Morgan fingerprint density at radius 2 is 1.94 bits per heavy atom. The van der Waals surface area contributed by atoms with Crippen LogP contribution >= 0.6 is 11.6 Å². The molecule has 83 valence electrons. The van der Waals surface area contributed by atoms with Crippen molar-refractivity contribution >= 4 is 11.6 Å². The van der Waals surface area contributed by atoms with Gasteiger partial charge in [-0.2, -0.15) is 0 Å². The quantitative estimate of drug-likeness (QED) is 0.839. The normalized spacial score (nSPS) is 20.9. The van der Waals surface area contributed by atoms with Crippen LogP contribution in [0.25, 0.3) is 0 Å². The van der Waals surface area contributed by atoms with Crippen LogP contribution in [0, 0.1) is 31.6 Å². The predicted molar refractivity (Wildman–Crippen MR) is 64.8 cm³/mol. The van der Waals surface area contributed by atoms with Gasteiger partial charge in [0.05, 0.1) is 0 Å². The fourth-order valence-electron chi connectivity index (χ4n) is 1.80. The van der Waals surface area contributed by atoms with E-state index in [-0.39, 0.29) is 6.54 Å². The minimum atomic E-state index is -1.16. The summed E-state index contributed by atoms with van der Waals surface area (Å²) >= 11 is 5.92. The van der Waals surface area contributed by atoms with Gasteiger partial charge < -0.3 is 10.8 Å². The lowest BCUT2D eigenvalue weighted by molar-refractivity contribution is 0.0697. The molecule has 1 aliphatic carbocycles. The predicted octanol–water partition coefficient (Wildman–Crippen LogP) is 1.89. The van der Waals surface area contributed by atoms with Gasteiger partial charge in [0.25, 0.3) is 0 Å². The first-order chi connectivity index (χ1) is 7.66. The molecular formula is C13H13ClNO. The summed E-state index contributed by atoms with van der Waals surface area (Å²) in [5.74, 6) is 0.789. The van der Waals surface area contributed by atoms with Gasteiger partial charge in [0.1, 0.15) is 5.60 Å². The molecule has 2 nitrogen and oxygen atoms in total. The molecule has 0 amide bonds. The lowest BCUT2D eigenvalue weighted by Crippen LogP contribution is -2.40. The number of nitrogens with two attached hydrogens (primary N) is 1. The van der Waals surface area contributed by atoms with E-state index in [0.717, 1.165) is 5.92 Å². The summed E-state index contributed by atoms with van der Waals surface area (Å²) in [6.07, 6.45) is 7.46. The number of rotatable bonds is 3. The van der Waals surface area contributed by atoms with Crippen LogP contribution in [-0.2, 0) is 5.60 Å². The zero-order valence-corrected chi connectivity index (χ0v) is 9.48. The molecule has 0 spiro atoms. The fraction of sp³-hybridized carbons (Fsp3) is 0.154. The van der Waals surface area contributed by atoms with E-state index in [2.05, 4.69) is 0 Å². The van der Waals surface area contributed by atoms with Crippen LogP contribution < -0.4 is 5.73 Å². The highest BCUT2D eigenvalue weighted by Gasteiger charge is 2.39. The second-order valence-electron chi connectivity index (χ2n) is 3.75. The molecule has 3 heteroatoms. The van der Waals surface area contributed by atoms with Crippen molar-refractivity contribution in [1.29, 1.82) is 0 Å². The van der Waals surface area contributed by atoms with Crippen molar-refractivity contribution in [1.82, 2.24) is 0 Å². The summed E-state index contributed by atoms with van der Waals surface area (Å²) in [5, 5.41) is 11.2. The van der Waals surface area contributed by atoms with E-state index >= 15 is 0 Å². The highest BCUT2D eigenvalue weighted by molar-refractivity contribution is 6.30. The number of benzene rings is 1. The minimum absolute atomic E-state index is 0.122. The Hall–Kier alpha value is -0.570. The van der Waals surface area contributed by atoms with E-state index in [1.54, 1.807) is 18.2 Å². The minimum Gasteiger partial charge on any atom is -0.383 e. The Balaban J connectivity index is 2.32. The molecule has 1 unspecified atom stereocenters. The van der Waals surface area contributed by atoms with Crippen LogP contribution in [0.2, 0.25) is 5.02 Å². The average molecular weight is 235 g/mol. The first kappa shape index (κ1) is 11.9. The number of halogens is 1. The summed E-state index contributed by atoms with van der Waals surface area (Å²) in [7, 11) is 0. The first-order valence-electron chi connectivity index (χ1n) is 5.07. The molecule has 1 aromatic carbocycles. The van der Waals surface area contributed by atoms with Gasteiger partial charge in [-0.15, -0.1) is 0 Å². The number of hydrogen-bond donors (Lipinski definition) is 2. The van der Waals surface area contributed by atoms with Gasteiger partial charge >= 0.3 is 0 Å². The zero-order chi connectivity index (χ0) is 11.6.